The molecule has 2 aromatic rings. The Balaban J connectivity index is 1.06. The van der Waals surface area contributed by atoms with Gasteiger partial charge in [-0.25, -0.2) is 4.39 Å². The second-order valence-corrected chi connectivity index (χ2v) is 12.4. The van der Waals surface area contributed by atoms with Crippen molar-refractivity contribution >= 4 is 5.71 Å². The molecular weight excluding hydrogens is 569 g/mol. The summed E-state index contributed by atoms with van der Waals surface area (Å²) in [6, 6.07) is 10.7. The van der Waals surface area contributed by atoms with Crippen LogP contribution < -0.4 is 25.4 Å². The van der Waals surface area contributed by atoms with E-state index in [0.29, 0.717) is 35.5 Å². The lowest BCUT2D eigenvalue weighted by molar-refractivity contribution is 0.0354. The Morgan fingerprint density at radius 2 is 1.56 bits per heavy atom. The number of ether oxygens (including phenoxy) is 4. The van der Waals surface area contributed by atoms with E-state index in [0.717, 1.165) is 87.0 Å². The van der Waals surface area contributed by atoms with Gasteiger partial charge in [-0.05, 0) is 125 Å². The molecule has 8 heteroatoms. The average molecular weight is 624 g/mol. The van der Waals surface area contributed by atoms with Gasteiger partial charge in [0.1, 0.15) is 11.6 Å². The highest BCUT2D eigenvalue weighted by atomic mass is 19.1. The Morgan fingerprint density at radius 3 is 2.33 bits per heavy atom. The standard InChI is InChI=1S/C37H54FN3O4/c1-42-34-21-17-30(38)25-28(34)13-10-14-31-18-19-32(45-31)22-24-40-23-9-5-4-6-11-27-12-7-8-15-33(27)37(41-39)29-16-20-35(43-2)36(26-29)44-3/h7-8,16-17,20-21,25-27,31-33,40H,4-6,9-15,18-19,22-24,39H2,1-3H3/b41-37-/t27-,31?,32?,33+/m1/s1. The van der Waals surface area contributed by atoms with Gasteiger partial charge in [0, 0.05) is 11.5 Å². The molecule has 1 aliphatic heterocycles. The highest BCUT2D eigenvalue weighted by Crippen LogP contribution is 2.35. The molecule has 1 saturated heterocycles. The lowest BCUT2D eigenvalue weighted by Gasteiger charge is -2.30. The maximum Gasteiger partial charge on any atom is 0.161 e. The third-order valence-corrected chi connectivity index (χ3v) is 9.47. The number of allylic oxidation sites excluding steroid dienone is 2. The lowest BCUT2D eigenvalue weighted by atomic mass is 9.75. The van der Waals surface area contributed by atoms with Gasteiger partial charge in [-0.2, -0.15) is 5.10 Å². The van der Waals surface area contributed by atoms with Crippen LogP contribution in [0.4, 0.5) is 4.39 Å². The van der Waals surface area contributed by atoms with Crippen molar-refractivity contribution in [1.82, 2.24) is 5.32 Å². The minimum absolute atomic E-state index is 0.207. The molecule has 1 heterocycles. The maximum absolute atomic E-state index is 13.6. The molecule has 2 aromatic carbocycles. The Morgan fingerprint density at radius 1 is 0.822 bits per heavy atom. The summed E-state index contributed by atoms with van der Waals surface area (Å²) in [5.41, 5.74) is 2.90. The van der Waals surface area contributed by atoms with Crippen LogP contribution in [0.5, 0.6) is 17.2 Å². The summed E-state index contributed by atoms with van der Waals surface area (Å²) in [4.78, 5) is 0. The number of hydrogen-bond donors (Lipinski definition) is 2. The van der Waals surface area contributed by atoms with Crippen molar-refractivity contribution in [2.24, 2.45) is 22.8 Å². The van der Waals surface area contributed by atoms with Crippen LogP contribution in [0.15, 0.2) is 53.7 Å². The van der Waals surface area contributed by atoms with E-state index in [1.165, 1.54) is 38.2 Å². The summed E-state index contributed by atoms with van der Waals surface area (Å²) >= 11 is 0. The smallest absolute Gasteiger partial charge is 0.161 e. The third-order valence-electron chi connectivity index (χ3n) is 9.47. The summed E-state index contributed by atoms with van der Waals surface area (Å²) in [5.74, 6) is 8.78. The summed E-state index contributed by atoms with van der Waals surface area (Å²) < 4.78 is 36.2. The first kappa shape index (κ1) is 34.8. The first-order valence-corrected chi connectivity index (χ1v) is 16.9. The molecule has 45 heavy (non-hydrogen) atoms. The van der Waals surface area contributed by atoms with E-state index in [1.54, 1.807) is 33.5 Å². The summed E-state index contributed by atoms with van der Waals surface area (Å²) in [7, 11) is 4.94. The van der Waals surface area contributed by atoms with Gasteiger partial charge in [0.25, 0.3) is 0 Å². The molecule has 3 N–H and O–H groups in total. The third kappa shape index (κ3) is 10.5. The molecule has 0 spiro atoms. The fourth-order valence-electron chi connectivity index (χ4n) is 6.97. The van der Waals surface area contributed by atoms with E-state index >= 15 is 0 Å². The van der Waals surface area contributed by atoms with Gasteiger partial charge in [-0.15, -0.1) is 0 Å². The SMILES string of the molecule is COc1ccc(F)cc1CCCC1CCC(CCNCCCCCC[C@@H]2CC=CC[C@@H]2/C(=N\N)c2ccc(OC)c(OC)c2)O1. The van der Waals surface area contributed by atoms with Gasteiger partial charge in [0.15, 0.2) is 11.5 Å². The Labute approximate surface area is 269 Å². The van der Waals surface area contributed by atoms with Crippen molar-refractivity contribution in [3.63, 3.8) is 0 Å². The van der Waals surface area contributed by atoms with Crippen molar-refractivity contribution in [3.8, 4) is 17.2 Å². The van der Waals surface area contributed by atoms with E-state index in [4.69, 9.17) is 24.8 Å². The van der Waals surface area contributed by atoms with E-state index in [1.807, 2.05) is 18.2 Å². The number of nitrogens with one attached hydrogen (secondary N) is 1. The number of unbranched alkanes of at least 4 members (excludes halogenated alkanes) is 3. The van der Waals surface area contributed by atoms with E-state index in [9.17, 15) is 4.39 Å². The molecule has 0 bridgehead atoms. The van der Waals surface area contributed by atoms with Crippen LogP contribution in [0.2, 0.25) is 0 Å². The van der Waals surface area contributed by atoms with Crippen LogP contribution in [-0.2, 0) is 11.2 Å². The average Bonchev–Trinajstić information content (AvgIpc) is 3.52. The molecule has 2 aliphatic rings. The van der Waals surface area contributed by atoms with Crippen LogP contribution in [0.3, 0.4) is 0 Å². The maximum atomic E-state index is 13.6. The number of halogens is 1. The number of aryl methyl sites for hydroxylation is 1. The van der Waals surface area contributed by atoms with Crippen molar-refractivity contribution in [3.05, 3.63) is 65.5 Å². The van der Waals surface area contributed by atoms with Gasteiger partial charge < -0.3 is 30.1 Å². The van der Waals surface area contributed by atoms with Gasteiger partial charge in [-0.3, -0.25) is 0 Å². The number of methoxy groups -OCH3 is 3. The van der Waals surface area contributed by atoms with Crippen LogP contribution >= 0.6 is 0 Å². The first-order valence-electron chi connectivity index (χ1n) is 16.9. The van der Waals surface area contributed by atoms with Crippen molar-refractivity contribution in [1.29, 1.82) is 0 Å². The molecule has 0 amide bonds. The topological polar surface area (TPSA) is 87.3 Å². The molecular formula is C37H54FN3O4. The van der Waals surface area contributed by atoms with Gasteiger partial charge >= 0.3 is 0 Å². The Kier molecular flexibility index (Phi) is 14.5. The van der Waals surface area contributed by atoms with Gasteiger partial charge in [0.05, 0.1) is 39.2 Å². The molecule has 1 aliphatic carbocycles. The summed E-state index contributed by atoms with van der Waals surface area (Å²) in [5, 5.41) is 7.90. The fourth-order valence-corrected chi connectivity index (χ4v) is 6.97. The second kappa shape index (κ2) is 18.8. The zero-order valence-corrected chi connectivity index (χ0v) is 27.6. The lowest BCUT2D eigenvalue weighted by Crippen LogP contribution is -2.27. The van der Waals surface area contributed by atoms with Crippen LogP contribution in [0.1, 0.15) is 88.2 Å². The largest absolute Gasteiger partial charge is 0.496 e. The molecule has 248 valence electrons. The minimum atomic E-state index is -0.207. The minimum Gasteiger partial charge on any atom is -0.496 e. The second-order valence-electron chi connectivity index (χ2n) is 12.4. The van der Waals surface area contributed by atoms with Crippen molar-refractivity contribution < 1.29 is 23.3 Å². The molecule has 4 atom stereocenters. The van der Waals surface area contributed by atoms with Crippen LogP contribution in [0.25, 0.3) is 0 Å². The van der Waals surface area contributed by atoms with Crippen molar-refractivity contribution in [2.75, 3.05) is 34.4 Å². The van der Waals surface area contributed by atoms with Gasteiger partial charge in [-0.1, -0.05) is 31.4 Å². The highest BCUT2D eigenvalue weighted by Gasteiger charge is 2.28. The number of rotatable bonds is 19. The Hall–Kier alpha value is -3.10. The number of hydrogen-bond acceptors (Lipinski definition) is 7. The molecule has 0 radical (unpaired) electrons. The van der Waals surface area contributed by atoms with E-state index in [-0.39, 0.29) is 5.82 Å². The zero-order valence-electron chi connectivity index (χ0n) is 27.6. The quantitative estimate of drug-likeness (QED) is 0.0551. The van der Waals surface area contributed by atoms with Gasteiger partial charge in [0.2, 0.25) is 0 Å². The highest BCUT2D eigenvalue weighted by molar-refractivity contribution is 6.03. The van der Waals surface area contributed by atoms with E-state index in [2.05, 4.69) is 22.6 Å². The zero-order chi connectivity index (χ0) is 31.9. The molecule has 1 fully saturated rings. The molecule has 0 saturated carbocycles. The number of nitrogens with zero attached hydrogens (tertiary/aromatic N) is 1. The first-order chi connectivity index (χ1) is 22.1. The van der Waals surface area contributed by atoms with Crippen LogP contribution in [-0.4, -0.2) is 52.3 Å². The number of nitrogens with two attached hydrogens (primary N) is 1. The molecule has 0 aromatic heterocycles. The van der Waals surface area contributed by atoms with Crippen molar-refractivity contribution in [2.45, 2.75) is 95.7 Å². The number of hydrazone groups is 1. The van der Waals surface area contributed by atoms with Crippen LogP contribution in [0, 0.1) is 17.7 Å². The summed E-state index contributed by atoms with van der Waals surface area (Å²) in [6.45, 7) is 2.06. The Bertz CT molecular complexity index is 1240. The normalized spacial score (nSPS) is 21.6. The number of benzene rings is 2. The summed E-state index contributed by atoms with van der Waals surface area (Å²) in [6.07, 6.45) is 19.5. The predicted octanol–water partition coefficient (Wildman–Crippen LogP) is 7.60. The van der Waals surface area contributed by atoms with E-state index < -0.39 is 0 Å². The fraction of sp³-hybridized carbons (Fsp3) is 0.595. The molecule has 2 unspecified atom stereocenters. The molecule has 7 nitrogen and oxygen atoms in total. The predicted molar refractivity (Wildman–Crippen MR) is 180 cm³/mol. The molecule has 4 rings (SSSR count). The monoisotopic (exact) mass is 623 g/mol.